The van der Waals surface area contributed by atoms with Crippen molar-refractivity contribution in [2.75, 3.05) is 28.3 Å². The van der Waals surface area contributed by atoms with Gasteiger partial charge in [0.05, 0.1) is 24.9 Å². The Morgan fingerprint density at radius 3 is 2.74 bits per heavy atom. The number of aliphatic hydroxyl groups excluding tert-OH is 1. The van der Waals surface area contributed by atoms with Crippen LogP contribution in [0.2, 0.25) is 0 Å². The number of urea groups is 1. The summed E-state index contributed by atoms with van der Waals surface area (Å²) in [6.45, 7) is 4.54. The van der Waals surface area contributed by atoms with Crippen molar-refractivity contribution in [3.05, 3.63) is 35.8 Å². The van der Waals surface area contributed by atoms with Gasteiger partial charge >= 0.3 is 6.03 Å². The summed E-state index contributed by atoms with van der Waals surface area (Å²) in [6.07, 6.45) is 4.66. The molecule has 0 bridgehead atoms. The second-order valence-electron chi connectivity index (χ2n) is 7.83. The lowest BCUT2D eigenvalue weighted by molar-refractivity contribution is 0.126. The van der Waals surface area contributed by atoms with E-state index in [1.807, 2.05) is 6.92 Å². The van der Waals surface area contributed by atoms with Gasteiger partial charge in [0.2, 0.25) is 5.95 Å². The molecule has 0 saturated heterocycles. The quantitative estimate of drug-likeness (QED) is 0.728. The fourth-order valence-electron chi connectivity index (χ4n) is 4.14. The Morgan fingerprint density at radius 2 is 2.03 bits per heavy atom. The first-order valence-corrected chi connectivity index (χ1v) is 10.8. The van der Waals surface area contributed by atoms with Crippen LogP contribution in [0.15, 0.2) is 24.4 Å². The average Bonchev–Trinajstić information content (AvgIpc) is 2.77. The largest absolute Gasteiger partial charge is 0.491 e. The van der Waals surface area contributed by atoms with Gasteiger partial charge in [0.25, 0.3) is 0 Å². The van der Waals surface area contributed by atoms with Gasteiger partial charge in [-0.2, -0.15) is 4.98 Å². The number of nitrogens with zero attached hydrogens (tertiary/aromatic N) is 4. The molecule has 2 heterocycles. The number of carbonyl (C=O) groups excluding carboxylic acids is 1. The SMILES string of the molecule is CCOc1cccc(N2Cc3cnc(NC4CCC(O)CC4)nc3N(CC)C2=O)c1F. The minimum Gasteiger partial charge on any atom is -0.491 e. The smallest absolute Gasteiger partial charge is 0.330 e. The number of hydrogen-bond acceptors (Lipinski definition) is 6. The second-order valence-corrected chi connectivity index (χ2v) is 7.83. The monoisotopic (exact) mass is 429 g/mol. The first kappa shape index (κ1) is 21.3. The van der Waals surface area contributed by atoms with Crippen LogP contribution in [0.3, 0.4) is 0 Å². The number of fused-ring (bicyclic) bond motifs is 1. The maximum absolute atomic E-state index is 15.0. The Kier molecular flexibility index (Phi) is 6.22. The van der Waals surface area contributed by atoms with E-state index in [-0.39, 0.29) is 36.2 Å². The van der Waals surface area contributed by atoms with Crippen LogP contribution in [0.5, 0.6) is 5.75 Å². The number of aromatic nitrogens is 2. The minimum atomic E-state index is -0.559. The summed E-state index contributed by atoms with van der Waals surface area (Å²) in [5.74, 6) is 0.564. The summed E-state index contributed by atoms with van der Waals surface area (Å²) in [5, 5.41) is 13.0. The summed E-state index contributed by atoms with van der Waals surface area (Å²) in [6, 6.07) is 4.65. The molecule has 1 aliphatic carbocycles. The lowest BCUT2D eigenvalue weighted by Crippen LogP contribution is -2.48. The van der Waals surface area contributed by atoms with Crippen LogP contribution in [0.1, 0.15) is 45.1 Å². The molecule has 2 amide bonds. The molecule has 9 heteroatoms. The van der Waals surface area contributed by atoms with E-state index < -0.39 is 5.82 Å². The van der Waals surface area contributed by atoms with Crippen molar-refractivity contribution in [1.29, 1.82) is 0 Å². The van der Waals surface area contributed by atoms with Crippen molar-refractivity contribution >= 4 is 23.5 Å². The van der Waals surface area contributed by atoms with E-state index in [1.165, 1.54) is 9.80 Å². The number of aliphatic hydroxyl groups is 1. The molecule has 1 aromatic carbocycles. The number of amides is 2. The van der Waals surface area contributed by atoms with E-state index in [4.69, 9.17) is 4.74 Å². The third-order valence-corrected chi connectivity index (χ3v) is 5.77. The maximum atomic E-state index is 15.0. The fourth-order valence-corrected chi connectivity index (χ4v) is 4.14. The predicted octanol–water partition coefficient (Wildman–Crippen LogP) is 3.70. The lowest BCUT2D eigenvalue weighted by Gasteiger charge is -2.36. The number of carbonyl (C=O) groups is 1. The van der Waals surface area contributed by atoms with Crippen LogP contribution in [0.25, 0.3) is 0 Å². The van der Waals surface area contributed by atoms with Gasteiger partial charge in [-0.25, -0.2) is 14.2 Å². The standard InChI is InChI=1S/C22H28FN5O3/c1-3-27-20-14(12-24-21(26-20)25-15-8-10-16(29)11-9-15)13-28(22(27)30)17-6-5-7-18(19(17)23)31-4-2/h5-7,12,15-16,29H,3-4,8-11,13H2,1-2H3,(H,24,25,26). The molecule has 0 unspecified atom stereocenters. The van der Waals surface area contributed by atoms with Crippen LogP contribution >= 0.6 is 0 Å². The van der Waals surface area contributed by atoms with Crippen molar-refractivity contribution in [3.8, 4) is 5.75 Å². The van der Waals surface area contributed by atoms with Gasteiger partial charge in [-0.1, -0.05) is 6.07 Å². The summed E-state index contributed by atoms with van der Waals surface area (Å²) in [7, 11) is 0. The molecule has 8 nitrogen and oxygen atoms in total. The first-order valence-electron chi connectivity index (χ1n) is 10.8. The average molecular weight is 429 g/mol. The third kappa shape index (κ3) is 4.27. The zero-order valence-electron chi connectivity index (χ0n) is 17.8. The fraction of sp³-hybridized carbons (Fsp3) is 0.500. The first-order chi connectivity index (χ1) is 15.0. The van der Waals surface area contributed by atoms with Crippen molar-refractivity contribution < 1.29 is 19.0 Å². The summed E-state index contributed by atoms with van der Waals surface area (Å²) in [4.78, 5) is 25.2. The van der Waals surface area contributed by atoms with Crippen LogP contribution in [-0.2, 0) is 6.54 Å². The van der Waals surface area contributed by atoms with E-state index in [0.29, 0.717) is 24.9 Å². The molecule has 2 aromatic rings. The molecule has 1 aliphatic heterocycles. The van der Waals surface area contributed by atoms with Gasteiger partial charge < -0.3 is 15.2 Å². The molecule has 4 rings (SSSR count). The Balaban J connectivity index is 1.60. The van der Waals surface area contributed by atoms with E-state index in [0.717, 1.165) is 31.2 Å². The molecule has 1 fully saturated rings. The van der Waals surface area contributed by atoms with Crippen molar-refractivity contribution in [3.63, 3.8) is 0 Å². The molecular formula is C22H28FN5O3. The lowest BCUT2D eigenvalue weighted by atomic mass is 9.93. The van der Waals surface area contributed by atoms with Crippen molar-refractivity contribution in [2.24, 2.45) is 0 Å². The van der Waals surface area contributed by atoms with Crippen molar-refractivity contribution in [2.45, 2.75) is 58.2 Å². The summed E-state index contributed by atoms with van der Waals surface area (Å²) in [5.41, 5.74) is 0.912. The van der Waals surface area contributed by atoms with Gasteiger partial charge in [-0.15, -0.1) is 0 Å². The van der Waals surface area contributed by atoms with Gasteiger partial charge in [0.1, 0.15) is 5.82 Å². The number of anilines is 3. The van der Waals surface area contributed by atoms with Crippen LogP contribution in [0, 0.1) is 5.82 Å². The highest BCUT2D eigenvalue weighted by Gasteiger charge is 2.34. The molecule has 2 N–H and O–H groups in total. The Labute approximate surface area is 181 Å². The maximum Gasteiger partial charge on any atom is 0.330 e. The number of ether oxygens (including phenoxy) is 1. The van der Waals surface area contributed by atoms with Crippen LogP contribution in [0.4, 0.5) is 26.6 Å². The van der Waals surface area contributed by atoms with Crippen LogP contribution in [-0.4, -0.2) is 46.4 Å². The highest BCUT2D eigenvalue weighted by molar-refractivity contribution is 6.05. The van der Waals surface area contributed by atoms with E-state index in [2.05, 4.69) is 15.3 Å². The molecule has 166 valence electrons. The zero-order valence-corrected chi connectivity index (χ0v) is 17.8. The highest BCUT2D eigenvalue weighted by atomic mass is 19.1. The van der Waals surface area contributed by atoms with Gasteiger partial charge in [-0.05, 0) is 51.7 Å². The van der Waals surface area contributed by atoms with Gasteiger partial charge in [-0.3, -0.25) is 9.80 Å². The topological polar surface area (TPSA) is 90.8 Å². The van der Waals surface area contributed by atoms with Gasteiger partial charge in [0.15, 0.2) is 11.6 Å². The minimum absolute atomic E-state index is 0.120. The number of halogens is 1. The number of nitrogens with one attached hydrogen (secondary N) is 1. The second kappa shape index (κ2) is 9.05. The number of hydrogen-bond donors (Lipinski definition) is 2. The summed E-state index contributed by atoms with van der Waals surface area (Å²) >= 11 is 0. The molecule has 0 atom stereocenters. The van der Waals surface area contributed by atoms with E-state index >= 15 is 0 Å². The van der Waals surface area contributed by atoms with Crippen LogP contribution < -0.4 is 19.9 Å². The number of rotatable bonds is 6. The van der Waals surface area contributed by atoms with Crippen molar-refractivity contribution in [1.82, 2.24) is 9.97 Å². The van der Waals surface area contributed by atoms with E-state index in [9.17, 15) is 14.3 Å². The number of benzene rings is 1. The van der Waals surface area contributed by atoms with Gasteiger partial charge in [0, 0.05) is 24.3 Å². The molecule has 0 spiro atoms. The Morgan fingerprint density at radius 1 is 1.26 bits per heavy atom. The Hall–Kier alpha value is -2.94. The third-order valence-electron chi connectivity index (χ3n) is 5.77. The molecule has 1 aromatic heterocycles. The molecule has 31 heavy (non-hydrogen) atoms. The zero-order chi connectivity index (χ0) is 22.0. The molecular weight excluding hydrogens is 401 g/mol. The predicted molar refractivity (Wildman–Crippen MR) is 116 cm³/mol. The molecule has 0 radical (unpaired) electrons. The molecule has 1 saturated carbocycles. The highest BCUT2D eigenvalue weighted by Crippen LogP contribution is 2.35. The molecule has 2 aliphatic rings. The van der Waals surface area contributed by atoms with E-state index in [1.54, 1.807) is 31.3 Å². The Bertz CT molecular complexity index is 949. The summed E-state index contributed by atoms with van der Waals surface area (Å²) < 4.78 is 20.3. The normalized spacial score (nSPS) is 21.1.